The van der Waals surface area contributed by atoms with Crippen LogP contribution < -0.4 is 10.9 Å². The second-order valence-corrected chi connectivity index (χ2v) is 5.69. The second kappa shape index (κ2) is 10.7. The third-order valence-corrected chi connectivity index (χ3v) is 3.48. The van der Waals surface area contributed by atoms with Crippen LogP contribution >= 0.6 is 0 Å². The van der Waals surface area contributed by atoms with E-state index in [0.29, 0.717) is 12.3 Å². The molecule has 0 spiro atoms. The first kappa shape index (κ1) is 20.1. The number of rotatable bonds is 8. The third kappa shape index (κ3) is 7.25. The molecule has 0 aliphatic carbocycles. The van der Waals surface area contributed by atoms with Crippen molar-refractivity contribution in [2.45, 2.75) is 13.8 Å². The number of carbonyl (C=O) groups is 2. The maximum atomic E-state index is 12.6. The summed E-state index contributed by atoms with van der Waals surface area (Å²) in [7, 11) is 0. The molecule has 0 bridgehead atoms. The van der Waals surface area contributed by atoms with Crippen molar-refractivity contribution in [3.63, 3.8) is 0 Å². The fourth-order valence-electron chi connectivity index (χ4n) is 2.12. The van der Waals surface area contributed by atoms with Gasteiger partial charge in [-0.1, -0.05) is 54.1 Å². The zero-order chi connectivity index (χ0) is 19.5. The molecule has 2 aromatic carbocycles. The molecule has 0 unspecified atom stereocenters. The fraction of sp³-hybridized carbons (Fsp3) is 0.190. The van der Waals surface area contributed by atoms with Crippen molar-refractivity contribution >= 4 is 29.4 Å². The van der Waals surface area contributed by atoms with E-state index in [2.05, 4.69) is 15.8 Å². The predicted octanol–water partition coefficient (Wildman–Crippen LogP) is 2.96. The molecule has 0 saturated carbocycles. The number of aliphatic imine (C=N–C) groups is 1. The highest BCUT2D eigenvalue weighted by atomic mass is 16.5. The molecule has 6 heteroatoms. The number of esters is 1. The Bertz CT molecular complexity index is 812. The molecule has 140 valence electrons. The van der Waals surface area contributed by atoms with Gasteiger partial charge in [-0.05, 0) is 37.6 Å². The van der Waals surface area contributed by atoms with Crippen molar-refractivity contribution < 1.29 is 14.3 Å². The molecule has 0 aliphatic heterocycles. The van der Waals surface area contributed by atoms with Crippen molar-refractivity contribution in [2.75, 3.05) is 13.2 Å². The van der Waals surface area contributed by atoms with Gasteiger partial charge in [0.1, 0.15) is 6.54 Å². The number of nitrogens with one attached hydrogen (secondary N) is 2. The SMILES string of the molecule is CCOC(=O)CNNC(=Nc1ccc(C)cc1)C(=O)/C=C/c1ccccc1. The van der Waals surface area contributed by atoms with E-state index in [1.165, 1.54) is 6.08 Å². The molecule has 0 atom stereocenters. The number of hydrogen-bond acceptors (Lipinski definition) is 5. The van der Waals surface area contributed by atoms with Crippen molar-refractivity contribution in [1.82, 2.24) is 10.9 Å². The number of nitrogens with zero attached hydrogens (tertiary/aromatic N) is 1. The molecule has 2 N–H and O–H groups in total. The van der Waals surface area contributed by atoms with Gasteiger partial charge in [-0.2, -0.15) is 0 Å². The zero-order valence-electron chi connectivity index (χ0n) is 15.4. The lowest BCUT2D eigenvalue weighted by Crippen LogP contribution is -2.43. The number of carbonyl (C=O) groups excluding carboxylic acids is 2. The van der Waals surface area contributed by atoms with Gasteiger partial charge in [0.05, 0.1) is 12.3 Å². The van der Waals surface area contributed by atoms with E-state index >= 15 is 0 Å². The third-order valence-electron chi connectivity index (χ3n) is 3.48. The van der Waals surface area contributed by atoms with E-state index in [1.54, 1.807) is 13.0 Å². The first-order valence-corrected chi connectivity index (χ1v) is 8.66. The summed E-state index contributed by atoms with van der Waals surface area (Å²) in [5.41, 5.74) is 8.00. The minimum Gasteiger partial charge on any atom is -0.465 e. The molecule has 6 nitrogen and oxygen atoms in total. The monoisotopic (exact) mass is 365 g/mol. The van der Waals surface area contributed by atoms with Crippen LogP contribution in [0.5, 0.6) is 0 Å². The van der Waals surface area contributed by atoms with Crippen LogP contribution in [0.2, 0.25) is 0 Å². The first-order chi connectivity index (χ1) is 13.1. The average Bonchev–Trinajstić information content (AvgIpc) is 2.68. The van der Waals surface area contributed by atoms with Crippen molar-refractivity contribution in [1.29, 1.82) is 0 Å². The van der Waals surface area contributed by atoms with Crippen LogP contribution in [0.4, 0.5) is 5.69 Å². The van der Waals surface area contributed by atoms with Crippen molar-refractivity contribution in [2.24, 2.45) is 4.99 Å². The average molecular weight is 365 g/mol. The van der Waals surface area contributed by atoms with Crippen LogP contribution in [0.1, 0.15) is 18.1 Å². The van der Waals surface area contributed by atoms with E-state index < -0.39 is 5.97 Å². The molecule has 0 amide bonds. The summed E-state index contributed by atoms with van der Waals surface area (Å²) < 4.78 is 4.84. The summed E-state index contributed by atoms with van der Waals surface area (Å²) in [6.45, 7) is 3.91. The molecule has 2 rings (SSSR count). The summed E-state index contributed by atoms with van der Waals surface area (Å²) >= 11 is 0. The number of hydrogen-bond donors (Lipinski definition) is 2. The van der Waals surface area contributed by atoms with Crippen LogP contribution in [0.15, 0.2) is 65.7 Å². The normalized spacial score (nSPS) is 11.4. The van der Waals surface area contributed by atoms with Crippen LogP contribution in [-0.2, 0) is 14.3 Å². The largest absolute Gasteiger partial charge is 0.465 e. The lowest BCUT2D eigenvalue weighted by atomic mass is 10.2. The van der Waals surface area contributed by atoms with Crippen LogP contribution in [0, 0.1) is 6.92 Å². The molecule has 0 heterocycles. The Morgan fingerprint density at radius 3 is 2.44 bits per heavy atom. The van der Waals surface area contributed by atoms with E-state index in [-0.39, 0.29) is 18.2 Å². The van der Waals surface area contributed by atoms with Crippen molar-refractivity contribution in [3.8, 4) is 0 Å². The van der Waals surface area contributed by atoms with Gasteiger partial charge in [0.25, 0.3) is 0 Å². The smallest absolute Gasteiger partial charge is 0.321 e. The molecule has 0 fully saturated rings. The molecule has 27 heavy (non-hydrogen) atoms. The van der Waals surface area contributed by atoms with Gasteiger partial charge in [-0.15, -0.1) is 0 Å². The summed E-state index contributed by atoms with van der Waals surface area (Å²) in [6.07, 6.45) is 3.14. The number of ether oxygens (including phenoxy) is 1. The predicted molar refractivity (Wildman–Crippen MR) is 107 cm³/mol. The number of aryl methyl sites for hydroxylation is 1. The van der Waals surface area contributed by atoms with Crippen LogP contribution in [0.25, 0.3) is 6.08 Å². The highest BCUT2D eigenvalue weighted by Gasteiger charge is 2.10. The first-order valence-electron chi connectivity index (χ1n) is 8.66. The summed E-state index contributed by atoms with van der Waals surface area (Å²) in [5, 5.41) is 0. The molecule has 0 radical (unpaired) electrons. The number of benzene rings is 2. The van der Waals surface area contributed by atoms with E-state index in [4.69, 9.17) is 4.74 Å². The van der Waals surface area contributed by atoms with Crippen molar-refractivity contribution in [3.05, 3.63) is 71.8 Å². The lowest BCUT2D eigenvalue weighted by molar-refractivity contribution is -0.142. The molecular formula is C21H23N3O3. The number of amidine groups is 1. The Balaban J connectivity index is 2.12. The highest BCUT2D eigenvalue weighted by molar-refractivity contribution is 6.44. The minimum absolute atomic E-state index is 0.0790. The van der Waals surface area contributed by atoms with E-state index in [9.17, 15) is 9.59 Å². The Morgan fingerprint density at radius 1 is 1.07 bits per heavy atom. The summed E-state index contributed by atoms with van der Waals surface area (Å²) in [4.78, 5) is 28.3. The summed E-state index contributed by atoms with van der Waals surface area (Å²) in [6, 6.07) is 16.9. The highest BCUT2D eigenvalue weighted by Crippen LogP contribution is 2.12. The zero-order valence-corrected chi connectivity index (χ0v) is 15.4. The lowest BCUT2D eigenvalue weighted by Gasteiger charge is -2.09. The minimum atomic E-state index is -0.424. The standard InChI is InChI=1S/C21H23N3O3/c1-3-27-20(26)15-22-24-21(23-18-12-9-16(2)10-13-18)19(25)14-11-17-7-5-4-6-8-17/h4-14,22H,3,15H2,1-2H3,(H,23,24)/b14-11+. The Hall–Kier alpha value is -3.25. The number of ketones is 1. The maximum Gasteiger partial charge on any atom is 0.321 e. The molecule has 0 aliphatic rings. The van der Waals surface area contributed by atoms with Gasteiger partial charge in [0.15, 0.2) is 5.84 Å². The van der Waals surface area contributed by atoms with Gasteiger partial charge in [-0.3, -0.25) is 9.59 Å². The van der Waals surface area contributed by atoms with E-state index in [0.717, 1.165) is 11.1 Å². The Labute approximate surface area is 158 Å². The van der Waals surface area contributed by atoms with Gasteiger partial charge in [0, 0.05) is 0 Å². The second-order valence-electron chi connectivity index (χ2n) is 5.69. The number of hydrazine groups is 1. The summed E-state index contributed by atoms with van der Waals surface area (Å²) in [5.74, 6) is -0.668. The van der Waals surface area contributed by atoms with Crippen LogP contribution in [-0.4, -0.2) is 30.7 Å². The van der Waals surface area contributed by atoms with Gasteiger partial charge >= 0.3 is 5.97 Å². The molecule has 0 aromatic heterocycles. The maximum absolute atomic E-state index is 12.6. The van der Waals surface area contributed by atoms with Gasteiger partial charge in [-0.25, -0.2) is 10.4 Å². The van der Waals surface area contributed by atoms with Gasteiger partial charge in [0.2, 0.25) is 5.78 Å². The molecule has 0 saturated heterocycles. The Kier molecular flexibility index (Phi) is 7.93. The van der Waals surface area contributed by atoms with E-state index in [1.807, 2.05) is 61.5 Å². The topological polar surface area (TPSA) is 79.8 Å². The van der Waals surface area contributed by atoms with Crippen LogP contribution in [0.3, 0.4) is 0 Å². The fourth-order valence-corrected chi connectivity index (χ4v) is 2.12. The molecular weight excluding hydrogens is 342 g/mol. The van der Waals surface area contributed by atoms with Gasteiger partial charge < -0.3 is 10.2 Å². The molecule has 2 aromatic rings. The Morgan fingerprint density at radius 2 is 1.78 bits per heavy atom. The quantitative estimate of drug-likeness (QED) is 0.247.